The summed E-state index contributed by atoms with van der Waals surface area (Å²) in [5.41, 5.74) is 4.60. The fraction of sp³-hybridized carbons (Fsp3) is 0.400. The average molecular weight is 487 g/mol. The molecule has 0 saturated heterocycles. The van der Waals surface area contributed by atoms with E-state index in [0.717, 1.165) is 42.7 Å². The Hall–Kier alpha value is -3.54. The number of ether oxygens (including phenoxy) is 1. The van der Waals surface area contributed by atoms with Crippen molar-refractivity contribution in [3.05, 3.63) is 88.9 Å². The van der Waals surface area contributed by atoms with Crippen LogP contribution in [0.5, 0.6) is 5.75 Å². The second-order valence-electron chi connectivity index (χ2n) is 10.0. The molecule has 0 N–H and O–H groups in total. The van der Waals surface area contributed by atoms with Crippen molar-refractivity contribution in [2.24, 2.45) is 5.92 Å². The molecule has 1 aliphatic heterocycles. The van der Waals surface area contributed by atoms with Crippen LogP contribution in [-0.4, -0.2) is 41.3 Å². The zero-order valence-corrected chi connectivity index (χ0v) is 21.3. The maximum absolute atomic E-state index is 13.3. The van der Waals surface area contributed by atoms with E-state index in [1.165, 1.54) is 11.1 Å². The van der Waals surface area contributed by atoms with E-state index in [1.54, 1.807) is 18.2 Å². The number of rotatable bonds is 8. The summed E-state index contributed by atoms with van der Waals surface area (Å²) < 4.78 is 11.7. The zero-order valence-electron chi connectivity index (χ0n) is 21.3. The van der Waals surface area contributed by atoms with Gasteiger partial charge in [-0.2, -0.15) is 0 Å². The van der Waals surface area contributed by atoms with E-state index in [2.05, 4.69) is 42.2 Å². The highest BCUT2D eigenvalue weighted by Crippen LogP contribution is 2.41. The summed E-state index contributed by atoms with van der Waals surface area (Å²) in [6.07, 6.45) is 4.34. The van der Waals surface area contributed by atoms with Crippen molar-refractivity contribution in [1.29, 1.82) is 0 Å². The van der Waals surface area contributed by atoms with Crippen molar-refractivity contribution in [3.8, 4) is 5.75 Å². The molecule has 6 nitrogen and oxygen atoms in total. The number of aryl methyl sites for hydroxylation is 1. The van der Waals surface area contributed by atoms with Gasteiger partial charge >= 0.3 is 0 Å². The number of fused-ring (bicyclic) bond motifs is 1. The first kappa shape index (κ1) is 24.2. The van der Waals surface area contributed by atoms with Crippen LogP contribution >= 0.6 is 0 Å². The maximum Gasteiger partial charge on any atom is 0.263 e. The van der Waals surface area contributed by atoms with Crippen molar-refractivity contribution >= 4 is 11.8 Å². The highest BCUT2D eigenvalue weighted by Gasteiger charge is 2.39. The van der Waals surface area contributed by atoms with Crippen LogP contribution in [0.1, 0.15) is 60.2 Å². The largest absolute Gasteiger partial charge is 0.481 e. The van der Waals surface area contributed by atoms with Crippen LogP contribution in [0.3, 0.4) is 0 Å². The molecule has 1 saturated carbocycles. The van der Waals surface area contributed by atoms with E-state index in [4.69, 9.17) is 9.15 Å². The Morgan fingerprint density at radius 1 is 1.14 bits per heavy atom. The topological polar surface area (TPSA) is 63.0 Å². The molecule has 2 heterocycles. The third-order valence-electron chi connectivity index (χ3n) is 7.19. The van der Waals surface area contributed by atoms with Gasteiger partial charge in [0.2, 0.25) is 5.91 Å². The first-order chi connectivity index (χ1) is 17.4. The molecule has 2 amide bonds. The number of hydrogen-bond acceptors (Lipinski definition) is 4. The molecule has 1 aliphatic carbocycles. The van der Waals surface area contributed by atoms with Crippen LogP contribution in [0.4, 0.5) is 0 Å². The van der Waals surface area contributed by atoms with E-state index in [9.17, 15) is 9.59 Å². The van der Waals surface area contributed by atoms with Crippen LogP contribution in [0, 0.1) is 12.8 Å². The molecule has 36 heavy (non-hydrogen) atoms. The normalized spacial score (nSPS) is 17.9. The average Bonchev–Trinajstić information content (AvgIpc) is 3.62. The third-order valence-corrected chi connectivity index (χ3v) is 7.19. The number of furan rings is 1. The minimum absolute atomic E-state index is 0.0904. The van der Waals surface area contributed by atoms with Crippen molar-refractivity contribution in [3.63, 3.8) is 0 Å². The summed E-state index contributed by atoms with van der Waals surface area (Å²) in [5, 5.41) is 0. The molecule has 1 aromatic heterocycles. The van der Waals surface area contributed by atoms with E-state index in [0.29, 0.717) is 18.7 Å². The van der Waals surface area contributed by atoms with Gasteiger partial charge in [-0.1, -0.05) is 42.8 Å². The summed E-state index contributed by atoms with van der Waals surface area (Å²) in [5.74, 6) is 1.70. The molecule has 0 unspecified atom stereocenters. The first-order valence-corrected chi connectivity index (χ1v) is 12.9. The van der Waals surface area contributed by atoms with Crippen molar-refractivity contribution < 1.29 is 18.7 Å². The minimum Gasteiger partial charge on any atom is -0.481 e. The fourth-order valence-electron chi connectivity index (χ4n) is 5.10. The highest BCUT2D eigenvalue weighted by molar-refractivity contribution is 5.82. The quantitative estimate of drug-likeness (QED) is 0.434. The molecule has 3 aromatic rings. The Morgan fingerprint density at radius 2 is 1.97 bits per heavy atom. The van der Waals surface area contributed by atoms with Crippen LogP contribution in [0.25, 0.3) is 0 Å². The Morgan fingerprint density at radius 3 is 2.67 bits per heavy atom. The van der Waals surface area contributed by atoms with Crippen LogP contribution in [0.2, 0.25) is 0 Å². The molecule has 0 radical (unpaired) electrons. The van der Waals surface area contributed by atoms with Gasteiger partial charge < -0.3 is 19.0 Å². The Bertz CT molecular complexity index is 1230. The molecule has 6 heteroatoms. The maximum atomic E-state index is 13.3. The predicted molar refractivity (Wildman–Crippen MR) is 137 cm³/mol. The predicted octanol–water partition coefficient (Wildman–Crippen LogP) is 5.29. The SMILES string of the molecule is CC[C@@H](Oc1ccc2c(c1)[C@@H](c1cccc(C)c1)N(C(=O)C1CC1)CC2)C(=O)N(C)Cc1ccco1. The second kappa shape index (κ2) is 10.2. The van der Waals surface area contributed by atoms with Gasteiger partial charge in [0.1, 0.15) is 11.5 Å². The van der Waals surface area contributed by atoms with E-state index in [-0.39, 0.29) is 23.8 Å². The van der Waals surface area contributed by atoms with Gasteiger partial charge in [0.15, 0.2) is 6.10 Å². The number of amides is 2. The number of carbonyl (C=O) groups excluding carboxylic acids is 2. The van der Waals surface area contributed by atoms with Gasteiger partial charge in [0, 0.05) is 19.5 Å². The molecule has 1 fully saturated rings. The summed E-state index contributed by atoms with van der Waals surface area (Å²) in [6.45, 7) is 5.14. The lowest BCUT2D eigenvalue weighted by Gasteiger charge is -2.38. The molecule has 5 rings (SSSR count). The zero-order chi connectivity index (χ0) is 25.2. The van der Waals surface area contributed by atoms with Gasteiger partial charge in [-0.3, -0.25) is 9.59 Å². The molecule has 0 bridgehead atoms. The van der Waals surface area contributed by atoms with Crippen molar-refractivity contribution in [2.75, 3.05) is 13.6 Å². The van der Waals surface area contributed by atoms with E-state index in [1.807, 2.05) is 31.2 Å². The molecule has 0 spiro atoms. The molecular weight excluding hydrogens is 452 g/mol. The van der Waals surface area contributed by atoms with Crippen LogP contribution in [-0.2, 0) is 22.6 Å². The fourth-order valence-corrected chi connectivity index (χ4v) is 5.10. The van der Waals surface area contributed by atoms with E-state index < -0.39 is 6.10 Å². The van der Waals surface area contributed by atoms with Gasteiger partial charge in [-0.15, -0.1) is 0 Å². The van der Waals surface area contributed by atoms with Gasteiger partial charge in [0.05, 0.1) is 18.8 Å². The standard InChI is InChI=1S/C30H34N2O4/c1-4-27(30(34)31(3)19-25-9-6-16-35-25)36-24-13-12-21-14-15-32(29(33)22-10-11-22)28(26(21)18-24)23-8-5-7-20(2)17-23/h5-9,12-13,16-18,22,27-28H,4,10-11,14-15,19H2,1-3H3/t27-,28-/m1/s1. The molecule has 2 atom stereocenters. The van der Waals surface area contributed by atoms with Gasteiger partial charge in [0.25, 0.3) is 5.91 Å². The number of nitrogens with zero attached hydrogens (tertiary/aromatic N) is 2. The summed E-state index contributed by atoms with van der Waals surface area (Å²) >= 11 is 0. The molecule has 188 valence electrons. The third kappa shape index (κ3) is 5.03. The van der Waals surface area contributed by atoms with Crippen LogP contribution < -0.4 is 4.74 Å². The second-order valence-corrected chi connectivity index (χ2v) is 10.0. The lowest BCUT2D eigenvalue weighted by Crippen LogP contribution is -2.41. The number of benzene rings is 2. The minimum atomic E-state index is -0.603. The Kier molecular flexibility index (Phi) is 6.86. The van der Waals surface area contributed by atoms with Crippen molar-refractivity contribution in [1.82, 2.24) is 9.80 Å². The molecule has 2 aromatic carbocycles. The molecule has 2 aliphatic rings. The van der Waals surface area contributed by atoms with Crippen LogP contribution in [0.15, 0.2) is 65.3 Å². The Balaban J connectivity index is 1.42. The number of likely N-dealkylation sites (N-methyl/N-ethyl adjacent to an activating group) is 1. The lowest BCUT2D eigenvalue weighted by molar-refractivity contribution is -0.138. The number of carbonyl (C=O) groups is 2. The van der Waals surface area contributed by atoms with Crippen molar-refractivity contribution in [2.45, 2.75) is 58.2 Å². The Labute approximate surface area is 212 Å². The lowest BCUT2D eigenvalue weighted by atomic mass is 9.87. The summed E-state index contributed by atoms with van der Waals surface area (Å²) in [6, 6.07) is 18.0. The first-order valence-electron chi connectivity index (χ1n) is 12.9. The summed E-state index contributed by atoms with van der Waals surface area (Å²) in [7, 11) is 1.76. The molecular formula is C30H34N2O4. The highest BCUT2D eigenvalue weighted by atomic mass is 16.5. The van der Waals surface area contributed by atoms with Gasteiger partial charge in [-0.25, -0.2) is 0 Å². The number of hydrogen-bond donors (Lipinski definition) is 0. The van der Waals surface area contributed by atoms with E-state index >= 15 is 0 Å². The summed E-state index contributed by atoms with van der Waals surface area (Å²) in [4.78, 5) is 30.1. The smallest absolute Gasteiger partial charge is 0.263 e. The monoisotopic (exact) mass is 486 g/mol. The van der Waals surface area contributed by atoms with Gasteiger partial charge in [-0.05, 0) is 73.6 Å².